The fraction of sp³-hybridized carbons (Fsp3) is 0.310. The molecule has 0 spiro atoms. The van der Waals surface area contributed by atoms with Gasteiger partial charge in [0.1, 0.15) is 5.82 Å². The summed E-state index contributed by atoms with van der Waals surface area (Å²) in [5.41, 5.74) is 6.10. The highest BCUT2D eigenvalue weighted by molar-refractivity contribution is 6.03. The molecule has 1 amide bonds. The zero-order chi connectivity index (χ0) is 24.4. The van der Waals surface area contributed by atoms with Crippen molar-refractivity contribution in [1.29, 1.82) is 0 Å². The highest BCUT2D eigenvalue weighted by atomic mass is 19.1. The number of hydrogen-bond acceptors (Lipinski definition) is 4. The first kappa shape index (κ1) is 23.2. The summed E-state index contributed by atoms with van der Waals surface area (Å²) in [6.45, 7) is 7.23. The molecule has 5 rings (SSSR count). The lowest BCUT2D eigenvalue weighted by molar-refractivity contribution is -0.134. The second-order valence-electron chi connectivity index (χ2n) is 9.50. The van der Waals surface area contributed by atoms with Crippen LogP contribution < -0.4 is 4.90 Å². The molecule has 5 nitrogen and oxygen atoms in total. The molecule has 1 fully saturated rings. The number of anilines is 1. The number of carbonyl (C=O) groups is 1. The van der Waals surface area contributed by atoms with Crippen molar-refractivity contribution in [3.05, 3.63) is 101 Å². The number of piperazine rings is 1. The maximum Gasteiger partial charge on any atom is 0.257 e. The van der Waals surface area contributed by atoms with Crippen LogP contribution in [0.15, 0.2) is 77.9 Å². The number of nitrogens with zero attached hydrogens (tertiary/aromatic N) is 4. The molecule has 35 heavy (non-hydrogen) atoms. The van der Waals surface area contributed by atoms with Crippen molar-refractivity contribution in [1.82, 2.24) is 9.91 Å². The molecule has 0 N–H and O–H groups in total. The van der Waals surface area contributed by atoms with Gasteiger partial charge in [0.25, 0.3) is 5.91 Å². The lowest BCUT2D eigenvalue weighted by Crippen LogP contribution is -2.49. The fourth-order valence-electron chi connectivity index (χ4n) is 4.91. The Kier molecular flexibility index (Phi) is 6.64. The summed E-state index contributed by atoms with van der Waals surface area (Å²) in [5, 5.41) is 6.52. The van der Waals surface area contributed by atoms with Crippen molar-refractivity contribution in [2.24, 2.45) is 5.10 Å². The summed E-state index contributed by atoms with van der Waals surface area (Å²) in [5.74, 6) is -0.203. The summed E-state index contributed by atoms with van der Waals surface area (Å²) in [4.78, 5) is 17.7. The SMILES string of the molecule is Cc1ccc([C@H]2CC(c3cccc(C)c3)=NN2C(=O)CN2CCN(c3ccccc3F)CC2)cc1. The third kappa shape index (κ3) is 5.13. The molecule has 0 aliphatic carbocycles. The van der Waals surface area contributed by atoms with E-state index in [1.165, 1.54) is 17.2 Å². The van der Waals surface area contributed by atoms with Crippen LogP contribution in [0, 0.1) is 19.7 Å². The Morgan fingerprint density at radius 1 is 0.914 bits per heavy atom. The number of carbonyl (C=O) groups excluding carboxylic acids is 1. The first-order valence-corrected chi connectivity index (χ1v) is 12.2. The van der Waals surface area contributed by atoms with Crippen molar-refractivity contribution in [3.8, 4) is 0 Å². The van der Waals surface area contributed by atoms with Gasteiger partial charge in [0.2, 0.25) is 0 Å². The van der Waals surface area contributed by atoms with Crippen molar-refractivity contribution in [2.45, 2.75) is 26.3 Å². The van der Waals surface area contributed by atoms with E-state index in [0.29, 0.717) is 44.8 Å². The predicted octanol–water partition coefficient (Wildman–Crippen LogP) is 4.94. The van der Waals surface area contributed by atoms with Crippen molar-refractivity contribution in [2.75, 3.05) is 37.6 Å². The molecule has 180 valence electrons. The van der Waals surface area contributed by atoms with Crippen LogP contribution in [0.5, 0.6) is 0 Å². The molecule has 0 bridgehead atoms. The van der Waals surface area contributed by atoms with Crippen LogP contribution in [0.3, 0.4) is 0 Å². The van der Waals surface area contributed by atoms with Crippen molar-refractivity contribution in [3.63, 3.8) is 0 Å². The van der Waals surface area contributed by atoms with Gasteiger partial charge in [-0.25, -0.2) is 9.40 Å². The number of amides is 1. The highest BCUT2D eigenvalue weighted by Gasteiger charge is 2.34. The first-order valence-electron chi connectivity index (χ1n) is 12.2. The lowest BCUT2D eigenvalue weighted by atomic mass is 9.97. The summed E-state index contributed by atoms with van der Waals surface area (Å²) < 4.78 is 14.2. The van der Waals surface area contributed by atoms with Crippen LogP contribution in [-0.2, 0) is 4.79 Å². The van der Waals surface area contributed by atoms with Gasteiger partial charge in [0, 0.05) is 32.6 Å². The Morgan fingerprint density at radius 2 is 1.66 bits per heavy atom. The molecular formula is C29H31FN4O. The van der Waals surface area contributed by atoms with E-state index in [1.54, 1.807) is 11.1 Å². The van der Waals surface area contributed by atoms with E-state index in [9.17, 15) is 9.18 Å². The van der Waals surface area contributed by atoms with Gasteiger partial charge < -0.3 is 4.90 Å². The van der Waals surface area contributed by atoms with Gasteiger partial charge in [0.15, 0.2) is 0 Å². The molecule has 0 aromatic heterocycles. The molecule has 0 saturated carbocycles. The predicted molar refractivity (Wildman–Crippen MR) is 138 cm³/mol. The first-order chi connectivity index (χ1) is 17.0. The Bertz CT molecular complexity index is 1230. The molecule has 2 heterocycles. The zero-order valence-corrected chi connectivity index (χ0v) is 20.3. The summed E-state index contributed by atoms with van der Waals surface area (Å²) in [7, 11) is 0. The van der Waals surface area contributed by atoms with Gasteiger partial charge in [-0.2, -0.15) is 5.10 Å². The third-order valence-corrected chi connectivity index (χ3v) is 6.90. The Balaban J connectivity index is 1.31. The molecule has 3 aromatic rings. The van der Waals surface area contributed by atoms with Gasteiger partial charge in [0.05, 0.1) is 24.0 Å². The third-order valence-electron chi connectivity index (χ3n) is 6.90. The van der Waals surface area contributed by atoms with Crippen LogP contribution >= 0.6 is 0 Å². The average molecular weight is 471 g/mol. The smallest absolute Gasteiger partial charge is 0.257 e. The van der Waals surface area contributed by atoms with Crippen LogP contribution in [0.4, 0.5) is 10.1 Å². The number of halogens is 1. The molecule has 2 aliphatic rings. The molecule has 0 unspecified atom stereocenters. The standard InChI is InChI=1S/C29H31FN4O/c1-21-10-12-23(13-11-21)28-19-26(24-7-5-6-22(2)18-24)31-34(28)29(35)20-32-14-16-33(17-15-32)27-9-4-3-8-25(27)30/h3-13,18,28H,14-17,19-20H2,1-2H3/t28-/m1/s1. The monoisotopic (exact) mass is 470 g/mol. The number of para-hydroxylation sites is 1. The van der Waals surface area contributed by atoms with Crippen LogP contribution in [0.1, 0.15) is 34.7 Å². The minimum absolute atomic E-state index is 0.00225. The molecule has 6 heteroatoms. The molecule has 0 radical (unpaired) electrons. The highest BCUT2D eigenvalue weighted by Crippen LogP contribution is 2.33. The van der Waals surface area contributed by atoms with Crippen LogP contribution in [0.25, 0.3) is 0 Å². The minimum Gasteiger partial charge on any atom is -0.367 e. The minimum atomic E-state index is -0.201. The second kappa shape index (κ2) is 10.0. The van der Waals surface area contributed by atoms with Gasteiger partial charge in [-0.1, -0.05) is 71.8 Å². The number of rotatable bonds is 5. The number of benzene rings is 3. The number of hydrazone groups is 1. The van der Waals surface area contributed by atoms with Crippen LogP contribution in [0.2, 0.25) is 0 Å². The molecule has 1 saturated heterocycles. The topological polar surface area (TPSA) is 39.2 Å². The largest absolute Gasteiger partial charge is 0.367 e. The molecule has 2 aliphatic heterocycles. The Morgan fingerprint density at radius 3 is 2.37 bits per heavy atom. The summed E-state index contributed by atoms with van der Waals surface area (Å²) in [6.07, 6.45) is 0.694. The van der Waals surface area contributed by atoms with E-state index < -0.39 is 0 Å². The normalized spacial score (nSPS) is 18.6. The quantitative estimate of drug-likeness (QED) is 0.530. The molecule has 3 aromatic carbocycles. The number of hydrogen-bond donors (Lipinski definition) is 0. The van der Waals surface area contributed by atoms with Crippen LogP contribution in [-0.4, -0.2) is 54.3 Å². The second-order valence-corrected chi connectivity index (χ2v) is 9.50. The Hall–Kier alpha value is -3.51. The van der Waals surface area contributed by atoms with E-state index in [-0.39, 0.29) is 17.8 Å². The van der Waals surface area contributed by atoms with Gasteiger partial charge in [-0.3, -0.25) is 9.69 Å². The van der Waals surface area contributed by atoms with E-state index in [4.69, 9.17) is 5.10 Å². The summed E-state index contributed by atoms with van der Waals surface area (Å²) >= 11 is 0. The number of aryl methyl sites for hydroxylation is 2. The average Bonchev–Trinajstić information content (AvgIpc) is 3.31. The summed E-state index contributed by atoms with van der Waals surface area (Å²) in [6, 6.07) is 23.4. The van der Waals surface area contributed by atoms with Crippen molar-refractivity contribution < 1.29 is 9.18 Å². The maximum atomic E-state index is 14.2. The van der Waals surface area contributed by atoms with Crippen molar-refractivity contribution >= 4 is 17.3 Å². The lowest BCUT2D eigenvalue weighted by Gasteiger charge is -2.36. The van der Waals surface area contributed by atoms with E-state index in [0.717, 1.165) is 16.8 Å². The van der Waals surface area contributed by atoms with Gasteiger partial charge in [-0.15, -0.1) is 0 Å². The van der Waals surface area contributed by atoms with E-state index in [1.807, 2.05) is 18.2 Å². The van der Waals surface area contributed by atoms with E-state index in [2.05, 4.69) is 66.1 Å². The van der Waals surface area contributed by atoms with Gasteiger partial charge in [-0.05, 0) is 37.1 Å². The zero-order valence-electron chi connectivity index (χ0n) is 20.3. The maximum absolute atomic E-state index is 14.2. The van der Waals surface area contributed by atoms with Gasteiger partial charge >= 0.3 is 0 Å². The molecule has 1 atom stereocenters. The molecular weight excluding hydrogens is 439 g/mol. The Labute approximate surface area is 206 Å². The fourth-order valence-corrected chi connectivity index (χ4v) is 4.91. The van der Waals surface area contributed by atoms with E-state index >= 15 is 0 Å².